The summed E-state index contributed by atoms with van der Waals surface area (Å²) in [5.41, 5.74) is 2.04. The van der Waals surface area contributed by atoms with Crippen molar-refractivity contribution < 1.29 is 19.4 Å². The molecule has 3 aromatic rings. The van der Waals surface area contributed by atoms with E-state index in [2.05, 4.69) is 20.9 Å². The van der Waals surface area contributed by atoms with Crippen LogP contribution in [0.2, 0.25) is 0 Å². The molecular formula is C24H21BrN2O5S. The third kappa shape index (κ3) is 4.26. The maximum Gasteiger partial charge on any atom is 0.338 e. The maximum absolute atomic E-state index is 13.6. The first-order valence-corrected chi connectivity index (χ1v) is 11.8. The summed E-state index contributed by atoms with van der Waals surface area (Å²) >= 11 is 4.54. The number of halogens is 1. The topological polar surface area (TPSA) is 90.1 Å². The Bertz CT molecular complexity index is 1440. The van der Waals surface area contributed by atoms with Gasteiger partial charge in [0, 0.05) is 0 Å². The monoisotopic (exact) mass is 528 g/mol. The fourth-order valence-corrected chi connectivity index (χ4v) is 5.23. The molecule has 1 aromatic heterocycles. The summed E-state index contributed by atoms with van der Waals surface area (Å²) in [6, 6.07) is 12.0. The minimum Gasteiger partial charge on any atom is -0.503 e. The number of hydrogen-bond donors (Lipinski definition) is 1. The van der Waals surface area contributed by atoms with Gasteiger partial charge in [0.1, 0.15) is 0 Å². The Morgan fingerprint density at radius 1 is 1.30 bits per heavy atom. The first kappa shape index (κ1) is 23.0. The van der Waals surface area contributed by atoms with Crippen molar-refractivity contribution in [3.8, 4) is 11.5 Å². The molecule has 1 N–H and O–H groups in total. The quantitative estimate of drug-likeness (QED) is 0.513. The van der Waals surface area contributed by atoms with Crippen LogP contribution < -0.4 is 19.6 Å². The van der Waals surface area contributed by atoms with Gasteiger partial charge in [0.25, 0.3) is 5.56 Å². The van der Waals surface area contributed by atoms with Crippen molar-refractivity contribution in [3.63, 3.8) is 0 Å². The Hall–Kier alpha value is -3.17. The number of aromatic hydroxyl groups is 1. The van der Waals surface area contributed by atoms with Gasteiger partial charge in [0.2, 0.25) is 0 Å². The third-order valence-corrected chi connectivity index (χ3v) is 6.79. The molecule has 0 amide bonds. The van der Waals surface area contributed by atoms with Crippen molar-refractivity contribution in [1.29, 1.82) is 0 Å². The highest BCUT2D eigenvalue weighted by Crippen LogP contribution is 2.35. The molecule has 0 radical (unpaired) electrons. The number of phenolic OH excluding ortho intramolecular Hbond substituents is 1. The van der Waals surface area contributed by atoms with Crippen molar-refractivity contribution in [3.05, 3.63) is 89.0 Å². The van der Waals surface area contributed by atoms with Gasteiger partial charge in [-0.1, -0.05) is 41.7 Å². The van der Waals surface area contributed by atoms with Crippen LogP contribution in [0.3, 0.4) is 0 Å². The molecule has 0 aliphatic carbocycles. The van der Waals surface area contributed by atoms with Gasteiger partial charge in [-0.3, -0.25) is 9.36 Å². The number of thiazole rings is 1. The maximum atomic E-state index is 13.6. The zero-order valence-electron chi connectivity index (χ0n) is 18.2. The molecule has 33 heavy (non-hydrogen) atoms. The third-order valence-electron chi connectivity index (χ3n) is 5.20. The van der Waals surface area contributed by atoms with Crippen LogP contribution in [0.5, 0.6) is 11.5 Å². The highest BCUT2D eigenvalue weighted by Gasteiger charge is 2.33. The Kier molecular flexibility index (Phi) is 6.53. The highest BCUT2D eigenvalue weighted by atomic mass is 79.9. The van der Waals surface area contributed by atoms with Crippen molar-refractivity contribution in [2.75, 3.05) is 13.7 Å². The van der Waals surface area contributed by atoms with Gasteiger partial charge >= 0.3 is 5.97 Å². The Balaban J connectivity index is 1.95. The van der Waals surface area contributed by atoms with E-state index in [1.165, 1.54) is 23.0 Å². The first-order chi connectivity index (χ1) is 15.8. The predicted octanol–water partition coefficient (Wildman–Crippen LogP) is 3.28. The zero-order valence-corrected chi connectivity index (χ0v) is 20.6. The number of allylic oxidation sites excluding steroid dienone is 1. The first-order valence-electron chi connectivity index (χ1n) is 10.2. The second-order valence-corrected chi connectivity index (χ2v) is 9.13. The van der Waals surface area contributed by atoms with Crippen LogP contribution in [0, 0.1) is 0 Å². The van der Waals surface area contributed by atoms with Gasteiger partial charge < -0.3 is 14.6 Å². The molecule has 170 valence electrons. The number of carbonyl (C=O) groups is 1. The lowest BCUT2D eigenvalue weighted by molar-refractivity contribution is -0.139. The molecule has 0 saturated carbocycles. The molecule has 9 heteroatoms. The van der Waals surface area contributed by atoms with Gasteiger partial charge in [-0.25, -0.2) is 9.79 Å². The SMILES string of the molecule is CCOC(=O)C1=C(C)N=c2s/c(=C\c3cc(Br)c(O)c(OC)c3)c(=O)n2[C@H]1c1ccccc1. The van der Waals surface area contributed by atoms with Crippen LogP contribution >= 0.6 is 27.3 Å². The molecule has 2 aromatic carbocycles. The average molecular weight is 529 g/mol. The van der Waals surface area contributed by atoms with Crippen LogP contribution in [0.1, 0.15) is 31.0 Å². The number of rotatable bonds is 5. The summed E-state index contributed by atoms with van der Waals surface area (Å²) in [6.07, 6.45) is 1.71. The fraction of sp³-hybridized carbons (Fsp3) is 0.208. The van der Waals surface area contributed by atoms with E-state index in [0.717, 1.165) is 5.56 Å². The number of benzene rings is 2. The Morgan fingerprint density at radius 2 is 2.03 bits per heavy atom. The van der Waals surface area contributed by atoms with Crippen molar-refractivity contribution in [2.45, 2.75) is 19.9 Å². The van der Waals surface area contributed by atoms with Crippen molar-refractivity contribution >= 4 is 39.3 Å². The minimum absolute atomic E-state index is 0.0186. The Morgan fingerprint density at radius 3 is 2.70 bits per heavy atom. The van der Waals surface area contributed by atoms with E-state index in [4.69, 9.17) is 9.47 Å². The van der Waals surface area contributed by atoms with E-state index >= 15 is 0 Å². The standard InChI is InChI=1S/C24H21BrN2O5S/c1-4-32-23(30)19-13(2)26-24-27(20(19)15-8-6-5-7-9-15)22(29)18(33-24)12-14-10-16(25)21(28)17(11-14)31-3/h5-12,20,28H,4H2,1-3H3/b18-12-/t20-/m0/s1. The lowest BCUT2D eigenvalue weighted by atomic mass is 9.96. The number of fused-ring (bicyclic) bond motifs is 1. The number of ether oxygens (including phenoxy) is 2. The summed E-state index contributed by atoms with van der Waals surface area (Å²) in [4.78, 5) is 31.5. The minimum atomic E-state index is -0.648. The number of hydrogen-bond acceptors (Lipinski definition) is 7. The van der Waals surface area contributed by atoms with E-state index in [0.29, 0.717) is 30.6 Å². The molecule has 7 nitrogen and oxygen atoms in total. The summed E-state index contributed by atoms with van der Waals surface area (Å²) in [7, 11) is 1.46. The van der Waals surface area contributed by atoms with Crippen LogP contribution in [-0.4, -0.2) is 29.4 Å². The molecule has 2 heterocycles. The van der Waals surface area contributed by atoms with E-state index in [-0.39, 0.29) is 23.7 Å². The zero-order chi connectivity index (χ0) is 23.7. The lowest BCUT2D eigenvalue weighted by Gasteiger charge is -2.24. The normalized spacial score (nSPS) is 15.8. The number of aromatic nitrogens is 1. The van der Waals surface area contributed by atoms with Gasteiger partial charge in [-0.2, -0.15) is 0 Å². The molecule has 1 aliphatic heterocycles. The number of esters is 1. The lowest BCUT2D eigenvalue weighted by Crippen LogP contribution is -2.39. The molecule has 1 atom stereocenters. The summed E-state index contributed by atoms with van der Waals surface area (Å²) in [5, 5.41) is 10.1. The van der Waals surface area contributed by atoms with Crippen LogP contribution in [0.15, 0.2) is 68.0 Å². The van der Waals surface area contributed by atoms with Crippen molar-refractivity contribution in [1.82, 2.24) is 4.57 Å². The molecular weight excluding hydrogens is 508 g/mol. The molecule has 0 bridgehead atoms. The second kappa shape index (κ2) is 9.36. The molecule has 0 unspecified atom stereocenters. The van der Waals surface area contributed by atoms with Crippen LogP contribution in [0.4, 0.5) is 0 Å². The largest absolute Gasteiger partial charge is 0.503 e. The molecule has 0 spiro atoms. The summed E-state index contributed by atoms with van der Waals surface area (Å²) in [5.74, 6) is -0.227. The predicted molar refractivity (Wildman–Crippen MR) is 129 cm³/mol. The van der Waals surface area contributed by atoms with Crippen LogP contribution in [-0.2, 0) is 9.53 Å². The van der Waals surface area contributed by atoms with E-state index in [9.17, 15) is 14.7 Å². The Labute approximate surface area is 202 Å². The number of carbonyl (C=O) groups excluding carboxylic acids is 1. The molecule has 0 fully saturated rings. The van der Waals surface area contributed by atoms with Crippen LogP contribution in [0.25, 0.3) is 6.08 Å². The van der Waals surface area contributed by atoms with Gasteiger partial charge in [-0.15, -0.1) is 0 Å². The van der Waals surface area contributed by atoms with E-state index in [1.54, 1.807) is 32.1 Å². The molecule has 4 rings (SSSR count). The van der Waals surface area contributed by atoms with E-state index < -0.39 is 12.0 Å². The van der Waals surface area contributed by atoms with Gasteiger partial charge in [0.15, 0.2) is 16.3 Å². The number of methoxy groups -OCH3 is 1. The molecule has 0 saturated heterocycles. The smallest absolute Gasteiger partial charge is 0.338 e. The van der Waals surface area contributed by atoms with Gasteiger partial charge in [0.05, 0.1) is 40.0 Å². The molecule has 1 aliphatic rings. The van der Waals surface area contributed by atoms with Crippen molar-refractivity contribution in [2.24, 2.45) is 4.99 Å². The average Bonchev–Trinajstić information content (AvgIpc) is 3.10. The van der Waals surface area contributed by atoms with Gasteiger partial charge in [-0.05, 0) is 59.1 Å². The number of nitrogens with zero attached hydrogens (tertiary/aromatic N) is 2. The summed E-state index contributed by atoms with van der Waals surface area (Å²) < 4.78 is 12.9. The summed E-state index contributed by atoms with van der Waals surface area (Å²) in [6.45, 7) is 3.71. The highest BCUT2D eigenvalue weighted by molar-refractivity contribution is 9.10. The van der Waals surface area contributed by atoms with E-state index in [1.807, 2.05) is 30.3 Å². The second-order valence-electron chi connectivity index (χ2n) is 7.27. The fourth-order valence-electron chi connectivity index (χ4n) is 3.73. The number of phenols is 1.